The molecule has 0 radical (unpaired) electrons. The highest BCUT2D eigenvalue weighted by Crippen LogP contribution is 2.15. The average molecular weight is 241 g/mol. The molecule has 1 atom stereocenters. The summed E-state index contributed by atoms with van der Waals surface area (Å²) in [4.78, 5) is 14.4. The zero-order valence-electron chi connectivity index (χ0n) is 11.5. The van der Waals surface area contributed by atoms with Gasteiger partial charge in [0.25, 0.3) is 0 Å². The number of nitrogens with one attached hydrogen (secondary N) is 1. The molecule has 1 heterocycles. The van der Waals surface area contributed by atoms with Crippen LogP contribution in [0.4, 0.5) is 0 Å². The van der Waals surface area contributed by atoms with Gasteiger partial charge in [-0.1, -0.05) is 20.3 Å². The van der Waals surface area contributed by atoms with E-state index in [1.807, 2.05) is 13.8 Å². The van der Waals surface area contributed by atoms with Gasteiger partial charge in [0.2, 0.25) is 5.91 Å². The fraction of sp³-hybridized carbons (Fsp3) is 0.923. The van der Waals surface area contributed by atoms with Gasteiger partial charge in [-0.15, -0.1) is 0 Å². The molecule has 4 heteroatoms. The van der Waals surface area contributed by atoms with E-state index in [9.17, 15) is 4.79 Å². The molecule has 0 bridgehead atoms. The van der Waals surface area contributed by atoms with Crippen molar-refractivity contribution in [2.45, 2.75) is 57.5 Å². The lowest BCUT2D eigenvalue weighted by molar-refractivity contribution is -0.126. The van der Waals surface area contributed by atoms with Crippen LogP contribution in [0.25, 0.3) is 0 Å². The summed E-state index contributed by atoms with van der Waals surface area (Å²) in [6.45, 7) is 5.80. The summed E-state index contributed by atoms with van der Waals surface area (Å²) in [7, 11) is 2.13. The third kappa shape index (κ3) is 3.68. The number of amides is 1. The van der Waals surface area contributed by atoms with E-state index >= 15 is 0 Å². The fourth-order valence-corrected chi connectivity index (χ4v) is 2.36. The van der Waals surface area contributed by atoms with Crippen molar-refractivity contribution in [3.8, 4) is 0 Å². The van der Waals surface area contributed by atoms with Crippen molar-refractivity contribution in [2.75, 3.05) is 20.1 Å². The average Bonchev–Trinajstić information content (AvgIpc) is 2.36. The molecular formula is C13H27N3O. The highest BCUT2D eigenvalue weighted by Gasteiger charge is 2.30. The quantitative estimate of drug-likeness (QED) is 0.758. The number of likely N-dealkylation sites (tertiary alicyclic amines) is 1. The van der Waals surface area contributed by atoms with Gasteiger partial charge in [0.05, 0.1) is 5.54 Å². The summed E-state index contributed by atoms with van der Waals surface area (Å²) in [5, 5.41) is 3.02. The number of carbonyl (C=O) groups is 1. The maximum atomic E-state index is 12.0. The predicted octanol–water partition coefficient (Wildman–Crippen LogP) is 1.10. The van der Waals surface area contributed by atoms with Crippen LogP contribution in [0.5, 0.6) is 0 Å². The van der Waals surface area contributed by atoms with Crippen LogP contribution in [0, 0.1) is 0 Å². The predicted molar refractivity (Wildman–Crippen MR) is 70.8 cm³/mol. The maximum Gasteiger partial charge on any atom is 0.240 e. The minimum Gasteiger partial charge on any atom is -0.353 e. The first kappa shape index (κ1) is 14.5. The molecule has 1 amide bonds. The number of hydrogen-bond acceptors (Lipinski definition) is 3. The Bertz CT molecular complexity index is 251. The van der Waals surface area contributed by atoms with E-state index in [1.54, 1.807) is 0 Å². The van der Waals surface area contributed by atoms with E-state index < -0.39 is 5.54 Å². The van der Waals surface area contributed by atoms with Crippen LogP contribution in [0.3, 0.4) is 0 Å². The van der Waals surface area contributed by atoms with Crippen LogP contribution in [-0.4, -0.2) is 42.5 Å². The summed E-state index contributed by atoms with van der Waals surface area (Å²) >= 11 is 0. The number of nitrogens with two attached hydrogens (primary N) is 1. The molecule has 0 saturated carbocycles. The van der Waals surface area contributed by atoms with Crippen LogP contribution in [0.15, 0.2) is 0 Å². The van der Waals surface area contributed by atoms with Crippen LogP contribution >= 0.6 is 0 Å². The lowest BCUT2D eigenvalue weighted by Crippen LogP contribution is -2.55. The Morgan fingerprint density at radius 3 is 2.59 bits per heavy atom. The lowest BCUT2D eigenvalue weighted by Gasteiger charge is -2.34. The van der Waals surface area contributed by atoms with Crippen LogP contribution < -0.4 is 11.1 Å². The normalized spacial score (nSPS) is 22.5. The Hall–Kier alpha value is -0.610. The van der Waals surface area contributed by atoms with Gasteiger partial charge in [0, 0.05) is 12.6 Å². The molecule has 1 unspecified atom stereocenters. The third-order valence-corrected chi connectivity index (χ3v) is 4.13. The Balaban J connectivity index is 2.41. The van der Waals surface area contributed by atoms with E-state index in [1.165, 1.54) is 19.3 Å². The Morgan fingerprint density at radius 2 is 2.06 bits per heavy atom. The summed E-state index contributed by atoms with van der Waals surface area (Å²) in [6, 6.07) is 0.477. The largest absolute Gasteiger partial charge is 0.353 e. The van der Waals surface area contributed by atoms with Crippen molar-refractivity contribution < 1.29 is 4.79 Å². The molecule has 0 spiro atoms. The standard InChI is InChI=1S/C13H27N3O/c1-4-13(14,5-2)12(17)15-10-11-8-6-7-9-16(11)3/h11H,4-10,14H2,1-3H3,(H,15,17). The summed E-state index contributed by atoms with van der Waals surface area (Å²) in [5.74, 6) is 0.00136. The molecule has 1 fully saturated rings. The molecule has 1 rings (SSSR count). The molecule has 4 nitrogen and oxygen atoms in total. The zero-order chi connectivity index (χ0) is 12.9. The second kappa shape index (κ2) is 6.36. The molecule has 1 saturated heterocycles. The molecule has 17 heavy (non-hydrogen) atoms. The van der Waals surface area contributed by atoms with Gasteiger partial charge in [-0.2, -0.15) is 0 Å². The highest BCUT2D eigenvalue weighted by atomic mass is 16.2. The number of piperidine rings is 1. The molecule has 1 aliphatic rings. The zero-order valence-corrected chi connectivity index (χ0v) is 11.5. The molecule has 3 N–H and O–H groups in total. The Morgan fingerprint density at radius 1 is 1.41 bits per heavy atom. The topological polar surface area (TPSA) is 58.4 Å². The van der Waals surface area contributed by atoms with E-state index in [-0.39, 0.29) is 5.91 Å². The fourth-order valence-electron chi connectivity index (χ4n) is 2.36. The molecule has 1 aliphatic heterocycles. The minimum absolute atomic E-state index is 0.00136. The maximum absolute atomic E-state index is 12.0. The highest BCUT2D eigenvalue weighted by molar-refractivity contribution is 5.85. The van der Waals surface area contributed by atoms with Crippen molar-refractivity contribution in [3.05, 3.63) is 0 Å². The molecule has 0 aromatic rings. The molecule has 100 valence electrons. The van der Waals surface area contributed by atoms with Gasteiger partial charge in [-0.05, 0) is 39.3 Å². The van der Waals surface area contributed by atoms with Crippen molar-refractivity contribution in [1.29, 1.82) is 0 Å². The van der Waals surface area contributed by atoms with Crippen molar-refractivity contribution in [1.82, 2.24) is 10.2 Å². The van der Waals surface area contributed by atoms with Crippen LogP contribution in [0.1, 0.15) is 46.0 Å². The Labute approximate surface area is 105 Å². The van der Waals surface area contributed by atoms with Gasteiger partial charge in [-0.3, -0.25) is 4.79 Å². The van der Waals surface area contributed by atoms with Crippen LogP contribution in [0.2, 0.25) is 0 Å². The van der Waals surface area contributed by atoms with Crippen LogP contribution in [-0.2, 0) is 4.79 Å². The van der Waals surface area contributed by atoms with E-state index in [2.05, 4.69) is 17.3 Å². The van der Waals surface area contributed by atoms with E-state index in [4.69, 9.17) is 5.73 Å². The first-order valence-corrected chi connectivity index (χ1v) is 6.81. The van der Waals surface area contributed by atoms with E-state index in [0.717, 1.165) is 13.1 Å². The molecule has 0 aromatic carbocycles. The monoisotopic (exact) mass is 241 g/mol. The number of hydrogen-bond donors (Lipinski definition) is 2. The SMILES string of the molecule is CCC(N)(CC)C(=O)NCC1CCCCN1C. The molecule has 0 aromatic heterocycles. The second-order valence-electron chi connectivity index (χ2n) is 5.20. The first-order chi connectivity index (χ1) is 8.03. The van der Waals surface area contributed by atoms with Gasteiger partial charge in [0.1, 0.15) is 0 Å². The summed E-state index contributed by atoms with van der Waals surface area (Å²) in [5.41, 5.74) is 5.38. The van der Waals surface area contributed by atoms with E-state index in [0.29, 0.717) is 18.9 Å². The smallest absolute Gasteiger partial charge is 0.240 e. The molecular weight excluding hydrogens is 214 g/mol. The van der Waals surface area contributed by atoms with Crippen molar-refractivity contribution in [3.63, 3.8) is 0 Å². The van der Waals surface area contributed by atoms with Gasteiger partial charge >= 0.3 is 0 Å². The number of carbonyl (C=O) groups excluding carboxylic acids is 1. The first-order valence-electron chi connectivity index (χ1n) is 6.81. The Kier molecular flexibility index (Phi) is 5.40. The molecule has 0 aliphatic carbocycles. The van der Waals surface area contributed by atoms with Gasteiger partial charge in [-0.25, -0.2) is 0 Å². The number of nitrogens with zero attached hydrogens (tertiary/aromatic N) is 1. The third-order valence-electron chi connectivity index (χ3n) is 4.13. The second-order valence-corrected chi connectivity index (χ2v) is 5.20. The summed E-state index contributed by atoms with van der Waals surface area (Å²) in [6.07, 6.45) is 5.09. The van der Waals surface area contributed by atoms with Gasteiger partial charge < -0.3 is 16.0 Å². The minimum atomic E-state index is -0.687. The van der Waals surface area contributed by atoms with Crippen molar-refractivity contribution in [2.24, 2.45) is 5.73 Å². The van der Waals surface area contributed by atoms with Gasteiger partial charge in [0.15, 0.2) is 0 Å². The number of likely N-dealkylation sites (N-methyl/N-ethyl adjacent to an activating group) is 1. The summed E-state index contributed by atoms with van der Waals surface area (Å²) < 4.78 is 0. The number of rotatable bonds is 5. The lowest BCUT2D eigenvalue weighted by atomic mass is 9.93. The van der Waals surface area contributed by atoms with Crippen molar-refractivity contribution >= 4 is 5.91 Å².